The van der Waals surface area contributed by atoms with Gasteiger partial charge >= 0.3 is 0 Å². The lowest BCUT2D eigenvalue weighted by Gasteiger charge is -2.15. The average Bonchev–Trinajstić information content (AvgIpc) is 2.86. The number of carbonyl (C=O) groups is 1. The molecule has 0 unspecified atom stereocenters. The molecule has 4 rings (SSSR count). The Balaban J connectivity index is 2.06. The van der Waals surface area contributed by atoms with Crippen LogP contribution in [0.2, 0.25) is 0 Å². The van der Waals surface area contributed by atoms with Crippen molar-refractivity contribution in [2.24, 2.45) is 0 Å². The summed E-state index contributed by atoms with van der Waals surface area (Å²) in [6.07, 6.45) is 0.729. The summed E-state index contributed by atoms with van der Waals surface area (Å²) in [4.78, 5) is 16.1. The maximum absolute atomic E-state index is 12.8. The van der Waals surface area contributed by atoms with Gasteiger partial charge < -0.3 is 4.98 Å². The van der Waals surface area contributed by atoms with Gasteiger partial charge in [-0.05, 0) is 30.2 Å². The number of H-pyrrole nitrogens is 1. The fourth-order valence-corrected chi connectivity index (χ4v) is 3.26. The summed E-state index contributed by atoms with van der Waals surface area (Å²) in [5.41, 5.74) is 6.02. The first kappa shape index (κ1) is 11.9. The molecule has 100 valence electrons. The van der Waals surface area contributed by atoms with Crippen LogP contribution in [-0.4, -0.2) is 10.8 Å². The van der Waals surface area contributed by atoms with E-state index in [1.54, 1.807) is 0 Å². The van der Waals surface area contributed by atoms with Crippen molar-refractivity contribution in [3.63, 3.8) is 0 Å². The van der Waals surface area contributed by atoms with E-state index in [0.717, 1.165) is 45.3 Å². The summed E-state index contributed by atoms with van der Waals surface area (Å²) in [7, 11) is 0. The van der Waals surface area contributed by atoms with Gasteiger partial charge in [0.15, 0.2) is 5.78 Å². The molecule has 0 fully saturated rings. The molecule has 0 spiro atoms. The first-order valence-electron chi connectivity index (χ1n) is 6.87. The van der Waals surface area contributed by atoms with Gasteiger partial charge in [0, 0.05) is 28.6 Å². The topological polar surface area (TPSA) is 56.6 Å². The predicted octanol–water partition coefficient (Wildman–Crippen LogP) is 3.48. The lowest BCUT2D eigenvalue weighted by Crippen LogP contribution is -2.14. The van der Waals surface area contributed by atoms with E-state index in [9.17, 15) is 4.79 Å². The van der Waals surface area contributed by atoms with Gasteiger partial charge in [-0.1, -0.05) is 24.3 Å². The largest absolute Gasteiger partial charge is 0.357 e. The SMILES string of the molecule is Cc1cc(C#N)cc2[nH]c3c(c12)C(=O)c1ccccc1C3. The average molecular weight is 272 g/mol. The van der Waals surface area contributed by atoms with Crippen LogP contribution in [0, 0.1) is 18.3 Å². The molecule has 3 aromatic rings. The zero-order chi connectivity index (χ0) is 14.6. The number of nitriles is 1. The fourth-order valence-electron chi connectivity index (χ4n) is 3.26. The van der Waals surface area contributed by atoms with E-state index in [4.69, 9.17) is 5.26 Å². The van der Waals surface area contributed by atoms with Crippen molar-refractivity contribution in [1.82, 2.24) is 4.98 Å². The third-order valence-corrected chi connectivity index (χ3v) is 4.16. The molecule has 0 aliphatic heterocycles. The number of hydrogen-bond acceptors (Lipinski definition) is 2. The maximum Gasteiger partial charge on any atom is 0.195 e. The van der Waals surface area contributed by atoms with E-state index >= 15 is 0 Å². The van der Waals surface area contributed by atoms with Gasteiger partial charge in [-0.2, -0.15) is 5.26 Å². The van der Waals surface area contributed by atoms with Gasteiger partial charge in [0.25, 0.3) is 0 Å². The Hall–Kier alpha value is -2.86. The Labute approximate surface area is 121 Å². The van der Waals surface area contributed by atoms with Gasteiger partial charge in [-0.3, -0.25) is 4.79 Å². The molecule has 3 heteroatoms. The zero-order valence-corrected chi connectivity index (χ0v) is 11.5. The maximum atomic E-state index is 12.8. The standard InChI is InChI=1S/C18H12N2O/c1-10-6-11(9-19)7-14-16(10)17-15(20-14)8-12-4-2-3-5-13(12)18(17)21/h2-7,20H,8H2,1H3. The minimum Gasteiger partial charge on any atom is -0.357 e. The van der Waals surface area contributed by atoms with E-state index in [1.165, 1.54) is 0 Å². The van der Waals surface area contributed by atoms with Crippen molar-refractivity contribution in [3.8, 4) is 6.07 Å². The molecule has 0 amide bonds. The van der Waals surface area contributed by atoms with Crippen LogP contribution in [-0.2, 0) is 6.42 Å². The second kappa shape index (κ2) is 4.07. The Kier molecular flexibility index (Phi) is 2.31. The zero-order valence-electron chi connectivity index (χ0n) is 11.5. The van der Waals surface area contributed by atoms with Crippen LogP contribution in [0.25, 0.3) is 10.9 Å². The molecular weight excluding hydrogens is 260 g/mol. The van der Waals surface area contributed by atoms with Gasteiger partial charge in [-0.25, -0.2) is 0 Å². The van der Waals surface area contributed by atoms with Crippen LogP contribution < -0.4 is 0 Å². The Morgan fingerprint density at radius 1 is 1.24 bits per heavy atom. The van der Waals surface area contributed by atoms with Gasteiger partial charge in [0.2, 0.25) is 0 Å². The molecule has 0 saturated carbocycles. The molecular formula is C18H12N2O. The quantitative estimate of drug-likeness (QED) is 0.532. The Morgan fingerprint density at radius 3 is 2.86 bits per heavy atom. The Bertz CT molecular complexity index is 957. The molecule has 1 aliphatic rings. The third kappa shape index (κ3) is 1.56. The van der Waals surface area contributed by atoms with E-state index < -0.39 is 0 Å². The first-order valence-corrected chi connectivity index (χ1v) is 6.87. The van der Waals surface area contributed by atoms with Gasteiger partial charge in [-0.15, -0.1) is 0 Å². The first-order chi connectivity index (χ1) is 10.2. The lowest BCUT2D eigenvalue weighted by atomic mass is 9.87. The summed E-state index contributed by atoms with van der Waals surface area (Å²) in [6, 6.07) is 13.6. The molecule has 1 heterocycles. The number of carbonyl (C=O) groups excluding carboxylic acids is 1. The van der Waals surface area contributed by atoms with Gasteiger partial charge in [0.1, 0.15) is 0 Å². The number of aryl methyl sites for hydroxylation is 1. The Morgan fingerprint density at radius 2 is 2.05 bits per heavy atom. The monoisotopic (exact) mass is 272 g/mol. The van der Waals surface area contributed by atoms with Crippen molar-refractivity contribution < 1.29 is 4.79 Å². The molecule has 1 N–H and O–H groups in total. The summed E-state index contributed by atoms with van der Waals surface area (Å²) in [5.74, 6) is 0.0749. The van der Waals surface area contributed by atoms with Crippen molar-refractivity contribution in [1.29, 1.82) is 5.26 Å². The van der Waals surface area contributed by atoms with Crippen LogP contribution >= 0.6 is 0 Å². The summed E-state index contributed by atoms with van der Waals surface area (Å²) >= 11 is 0. The third-order valence-electron chi connectivity index (χ3n) is 4.16. The second-order valence-electron chi connectivity index (χ2n) is 5.47. The van der Waals surface area contributed by atoms with Crippen molar-refractivity contribution >= 4 is 16.7 Å². The molecule has 1 aliphatic carbocycles. The van der Waals surface area contributed by atoms with Crippen LogP contribution in [0.4, 0.5) is 0 Å². The highest BCUT2D eigenvalue weighted by Gasteiger charge is 2.27. The summed E-state index contributed by atoms with van der Waals surface area (Å²) in [5, 5.41) is 10.0. The highest BCUT2D eigenvalue weighted by Crippen LogP contribution is 2.34. The van der Waals surface area contributed by atoms with Crippen LogP contribution in [0.3, 0.4) is 0 Å². The molecule has 0 saturated heterocycles. The minimum atomic E-state index is 0.0749. The number of nitrogens with one attached hydrogen (secondary N) is 1. The second-order valence-corrected chi connectivity index (χ2v) is 5.47. The molecule has 2 aromatic carbocycles. The molecule has 3 nitrogen and oxygen atoms in total. The van der Waals surface area contributed by atoms with E-state index in [2.05, 4.69) is 11.1 Å². The van der Waals surface area contributed by atoms with E-state index in [0.29, 0.717) is 5.56 Å². The molecule has 0 bridgehead atoms. The predicted molar refractivity (Wildman–Crippen MR) is 80.4 cm³/mol. The number of rotatable bonds is 0. The van der Waals surface area contributed by atoms with Crippen molar-refractivity contribution in [2.75, 3.05) is 0 Å². The number of ketones is 1. The number of hydrogen-bond donors (Lipinski definition) is 1. The number of nitrogens with zero attached hydrogens (tertiary/aromatic N) is 1. The summed E-state index contributed by atoms with van der Waals surface area (Å²) < 4.78 is 0. The number of fused-ring (bicyclic) bond motifs is 4. The van der Waals surface area contributed by atoms with Gasteiger partial charge in [0.05, 0.1) is 17.2 Å². The fraction of sp³-hybridized carbons (Fsp3) is 0.111. The van der Waals surface area contributed by atoms with Crippen LogP contribution in [0.5, 0.6) is 0 Å². The molecule has 21 heavy (non-hydrogen) atoms. The van der Waals surface area contributed by atoms with E-state index in [1.807, 2.05) is 43.3 Å². The molecule has 0 atom stereocenters. The molecule has 0 radical (unpaired) electrons. The normalized spacial score (nSPS) is 12.9. The minimum absolute atomic E-state index is 0.0749. The highest BCUT2D eigenvalue weighted by molar-refractivity contribution is 6.20. The number of benzene rings is 2. The van der Waals surface area contributed by atoms with Crippen molar-refractivity contribution in [2.45, 2.75) is 13.3 Å². The lowest BCUT2D eigenvalue weighted by molar-refractivity contribution is 0.103. The van der Waals surface area contributed by atoms with Crippen molar-refractivity contribution in [3.05, 3.63) is 69.9 Å². The smallest absolute Gasteiger partial charge is 0.195 e. The number of aromatic amines is 1. The summed E-state index contributed by atoms with van der Waals surface area (Å²) in [6.45, 7) is 1.95. The van der Waals surface area contributed by atoms with Crippen LogP contribution in [0.1, 0.15) is 38.3 Å². The molecule has 1 aromatic heterocycles. The number of aromatic nitrogens is 1. The van der Waals surface area contributed by atoms with E-state index in [-0.39, 0.29) is 5.78 Å². The van der Waals surface area contributed by atoms with Crippen LogP contribution in [0.15, 0.2) is 36.4 Å². The highest BCUT2D eigenvalue weighted by atomic mass is 16.1.